The lowest BCUT2D eigenvalue weighted by Gasteiger charge is -2.00. The van der Waals surface area contributed by atoms with Gasteiger partial charge in [0.05, 0.1) is 6.61 Å². The van der Waals surface area contributed by atoms with Gasteiger partial charge in [-0.1, -0.05) is 0 Å². The first-order valence-corrected chi connectivity index (χ1v) is 5.69. The van der Waals surface area contributed by atoms with Crippen LogP contribution < -0.4 is 0 Å². The molecule has 72 valence electrons. The molecular formula is C10H7BrO2S. The van der Waals surface area contributed by atoms with Gasteiger partial charge in [0.25, 0.3) is 0 Å². The fourth-order valence-corrected chi connectivity index (χ4v) is 2.99. The number of fused-ring (bicyclic) bond motifs is 1. The summed E-state index contributed by atoms with van der Waals surface area (Å²) in [7, 11) is 0. The minimum absolute atomic E-state index is 0.0426. The second kappa shape index (κ2) is 3.81. The highest BCUT2D eigenvalue weighted by molar-refractivity contribution is 9.10. The highest BCUT2D eigenvalue weighted by Crippen LogP contribution is 2.33. The van der Waals surface area contributed by atoms with E-state index in [4.69, 9.17) is 5.11 Å². The van der Waals surface area contributed by atoms with Gasteiger partial charge < -0.3 is 5.11 Å². The lowest BCUT2D eigenvalue weighted by Crippen LogP contribution is -1.87. The van der Waals surface area contributed by atoms with E-state index in [0.717, 1.165) is 26.4 Å². The molecule has 0 aliphatic carbocycles. The average Bonchev–Trinajstić information content (AvgIpc) is 2.59. The molecule has 0 saturated carbocycles. The highest BCUT2D eigenvalue weighted by atomic mass is 79.9. The summed E-state index contributed by atoms with van der Waals surface area (Å²) in [5.74, 6) is 0. The van der Waals surface area contributed by atoms with E-state index in [2.05, 4.69) is 15.9 Å². The zero-order valence-corrected chi connectivity index (χ0v) is 9.56. The van der Waals surface area contributed by atoms with Crippen molar-refractivity contribution in [1.82, 2.24) is 0 Å². The Bertz CT molecular complexity index is 490. The third kappa shape index (κ3) is 1.49. The smallest absolute Gasteiger partial charge is 0.151 e. The van der Waals surface area contributed by atoms with Crippen LogP contribution in [0.1, 0.15) is 15.9 Å². The van der Waals surface area contributed by atoms with Crippen LogP contribution in [-0.4, -0.2) is 11.4 Å². The Morgan fingerprint density at radius 2 is 2.29 bits per heavy atom. The van der Waals surface area contributed by atoms with Crippen molar-refractivity contribution in [3.05, 3.63) is 33.1 Å². The van der Waals surface area contributed by atoms with Crippen molar-refractivity contribution in [3.8, 4) is 0 Å². The van der Waals surface area contributed by atoms with Crippen LogP contribution in [-0.2, 0) is 6.61 Å². The lowest BCUT2D eigenvalue weighted by molar-refractivity contribution is 0.112. The Balaban J connectivity index is 2.82. The minimum Gasteiger partial charge on any atom is -0.392 e. The molecule has 0 amide bonds. The number of aliphatic hydroxyl groups is 1. The number of carbonyl (C=O) groups excluding carboxylic acids is 1. The van der Waals surface area contributed by atoms with Gasteiger partial charge in [-0.15, -0.1) is 11.3 Å². The fraction of sp³-hybridized carbons (Fsp3) is 0.100. The van der Waals surface area contributed by atoms with E-state index < -0.39 is 0 Å². The Labute approximate surface area is 93.3 Å². The number of hydrogen-bond acceptors (Lipinski definition) is 3. The molecule has 1 heterocycles. The summed E-state index contributed by atoms with van der Waals surface area (Å²) in [6.45, 7) is -0.0426. The van der Waals surface area contributed by atoms with Gasteiger partial charge in [0.1, 0.15) is 0 Å². The molecule has 0 bridgehead atoms. The first-order valence-electron chi connectivity index (χ1n) is 4.02. The van der Waals surface area contributed by atoms with Gasteiger partial charge in [-0.25, -0.2) is 0 Å². The molecule has 2 nitrogen and oxygen atoms in total. The Morgan fingerprint density at radius 3 is 2.93 bits per heavy atom. The predicted octanol–water partition coefficient (Wildman–Crippen LogP) is 2.97. The van der Waals surface area contributed by atoms with E-state index in [1.54, 1.807) is 6.07 Å². The molecule has 4 heteroatoms. The number of aliphatic hydroxyl groups excluding tert-OH is 1. The van der Waals surface area contributed by atoms with E-state index in [9.17, 15) is 4.79 Å². The Hall–Kier alpha value is -0.710. The maximum atomic E-state index is 10.8. The van der Waals surface area contributed by atoms with Crippen LogP contribution in [0, 0.1) is 0 Å². The summed E-state index contributed by atoms with van der Waals surface area (Å²) in [4.78, 5) is 10.8. The molecule has 0 unspecified atom stereocenters. The monoisotopic (exact) mass is 270 g/mol. The van der Waals surface area contributed by atoms with Gasteiger partial charge in [-0.05, 0) is 33.6 Å². The summed E-state index contributed by atoms with van der Waals surface area (Å²) in [5, 5.41) is 12.0. The van der Waals surface area contributed by atoms with E-state index in [0.29, 0.717) is 5.56 Å². The van der Waals surface area contributed by atoms with Crippen LogP contribution in [0.3, 0.4) is 0 Å². The van der Waals surface area contributed by atoms with Crippen LogP contribution in [0.4, 0.5) is 0 Å². The quantitative estimate of drug-likeness (QED) is 0.852. The number of halogens is 1. The summed E-state index contributed by atoms with van der Waals surface area (Å²) >= 11 is 4.93. The molecule has 0 atom stereocenters. The normalized spacial score (nSPS) is 10.7. The van der Waals surface area contributed by atoms with E-state index >= 15 is 0 Å². The third-order valence-corrected chi connectivity index (χ3v) is 4.03. The van der Waals surface area contributed by atoms with Gasteiger partial charge in [-0.3, -0.25) is 4.79 Å². The first kappa shape index (κ1) is 9.83. The zero-order valence-electron chi connectivity index (χ0n) is 7.16. The van der Waals surface area contributed by atoms with Crippen molar-refractivity contribution >= 4 is 43.6 Å². The van der Waals surface area contributed by atoms with Gasteiger partial charge in [0, 0.05) is 25.5 Å². The summed E-state index contributed by atoms with van der Waals surface area (Å²) < 4.78 is 1.93. The number of aldehydes is 1. The Kier molecular flexibility index (Phi) is 2.67. The Morgan fingerprint density at radius 1 is 1.50 bits per heavy atom. The van der Waals surface area contributed by atoms with Crippen LogP contribution in [0.5, 0.6) is 0 Å². The molecule has 2 aromatic rings. The van der Waals surface area contributed by atoms with Gasteiger partial charge in [-0.2, -0.15) is 0 Å². The number of thiophene rings is 1. The lowest BCUT2D eigenvalue weighted by atomic mass is 10.1. The number of benzene rings is 1. The number of carbonyl (C=O) groups is 1. The predicted molar refractivity (Wildman–Crippen MR) is 60.8 cm³/mol. The van der Waals surface area contributed by atoms with Crippen molar-refractivity contribution in [2.45, 2.75) is 6.61 Å². The van der Waals surface area contributed by atoms with Gasteiger partial charge >= 0.3 is 0 Å². The van der Waals surface area contributed by atoms with Gasteiger partial charge in [0.2, 0.25) is 0 Å². The molecule has 0 fully saturated rings. The van der Waals surface area contributed by atoms with Crippen LogP contribution in [0.15, 0.2) is 22.0 Å². The van der Waals surface area contributed by atoms with Crippen LogP contribution >= 0.6 is 27.3 Å². The SMILES string of the molecule is O=Cc1cc(CO)cc2c(Br)csc12. The summed E-state index contributed by atoms with van der Waals surface area (Å²) in [6.07, 6.45) is 0.824. The first-order chi connectivity index (χ1) is 6.76. The zero-order chi connectivity index (χ0) is 10.1. The number of hydrogen-bond donors (Lipinski definition) is 1. The molecule has 14 heavy (non-hydrogen) atoms. The molecule has 1 N–H and O–H groups in total. The molecule has 1 aromatic heterocycles. The van der Waals surface area contributed by atoms with Crippen LogP contribution in [0.2, 0.25) is 0 Å². The molecule has 0 aliphatic rings. The highest BCUT2D eigenvalue weighted by Gasteiger charge is 2.07. The van der Waals surface area contributed by atoms with E-state index in [-0.39, 0.29) is 6.61 Å². The van der Waals surface area contributed by atoms with Crippen molar-refractivity contribution in [1.29, 1.82) is 0 Å². The maximum Gasteiger partial charge on any atom is 0.151 e. The molecule has 0 radical (unpaired) electrons. The third-order valence-electron chi connectivity index (χ3n) is 2.02. The maximum absolute atomic E-state index is 10.8. The molecular weight excluding hydrogens is 264 g/mol. The standard InChI is InChI=1S/C10H7BrO2S/c11-9-5-14-10-7(4-13)1-6(3-12)2-8(9)10/h1-2,4-5,12H,3H2. The molecule has 0 saturated heterocycles. The molecule has 0 spiro atoms. The van der Waals surface area contributed by atoms with E-state index in [1.165, 1.54) is 11.3 Å². The topological polar surface area (TPSA) is 37.3 Å². The second-order valence-corrected chi connectivity index (χ2v) is 4.66. The van der Waals surface area contributed by atoms with Crippen molar-refractivity contribution in [3.63, 3.8) is 0 Å². The molecule has 2 rings (SSSR count). The average molecular weight is 271 g/mol. The largest absolute Gasteiger partial charge is 0.392 e. The van der Waals surface area contributed by atoms with E-state index in [1.807, 2.05) is 11.4 Å². The minimum atomic E-state index is -0.0426. The fourth-order valence-electron chi connectivity index (χ4n) is 1.38. The van der Waals surface area contributed by atoms with Crippen molar-refractivity contribution in [2.24, 2.45) is 0 Å². The second-order valence-electron chi connectivity index (χ2n) is 2.92. The van der Waals surface area contributed by atoms with Crippen molar-refractivity contribution in [2.75, 3.05) is 0 Å². The summed E-state index contributed by atoms with van der Waals surface area (Å²) in [5.41, 5.74) is 1.40. The molecule has 1 aromatic carbocycles. The number of rotatable bonds is 2. The van der Waals surface area contributed by atoms with Crippen LogP contribution in [0.25, 0.3) is 10.1 Å². The summed E-state index contributed by atoms with van der Waals surface area (Å²) in [6, 6.07) is 3.61. The van der Waals surface area contributed by atoms with Gasteiger partial charge in [0.15, 0.2) is 6.29 Å². The van der Waals surface area contributed by atoms with Crippen molar-refractivity contribution < 1.29 is 9.90 Å². The molecule has 0 aliphatic heterocycles.